The van der Waals surface area contributed by atoms with Crippen molar-refractivity contribution in [2.45, 2.75) is 32.2 Å². The van der Waals surface area contributed by atoms with Crippen molar-refractivity contribution in [1.82, 2.24) is 20.2 Å². The standard InChI is InChI=1S/C13H16N4O2/c18-13(19)7-4-10-17-12(14-15-16-17)9-8-11-5-2-1-3-6-11/h1-3,5-6H,4,7-10H2,(H,18,19). The van der Waals surface area contributed by atoms with Crippen LogP contribution in [0.1, 0.15) is 24.2 Å². The predicted molar refractivity (Wildman–Crippen MR) is 68.5 cm³/mol. The van der Waals surface area contributed by atoms with Gasteiger partial charge in [-0.3, -0.25) is 4.79 Å². The van der Waals surface area contributed by atoms with E-state index >= 15 is 0 Å². The van der Waals surface area contributed by atoms with Gasteiger partial charge in [0.25, 0.3) is 0 Å². The van der Waals surface area contributed by atoms with E-state index in [1.165, 1.54) is 5.56 Å². The Morgan fingerprint density at radius 3 is 2.74 bits per heavy atom. The van der Waals surface area contributed by atoms with E-state index in [0.29, 0.717) is 13.0 Å². The second kappa shape index (κ2) is 6.63. The number of benzene rings is 1. The van der Waals surface area contributed by atoms with Gasteiger partial charge >= 0.3 is 5.97 Å². The number of carbonyl (C=O) groups is 1. The zero-order valence-electron chi connectivity index (χ0n) is 10.6. The Labute approximate surface area is 111 Å². The van der Waals surface area contributed by atoms with E-state index in [0.717, 1.165) is 18.7 Å². The molecule has 0 atom stereocenters. The number of aromatic nitrogens is 4. The van der Waals surface area contributed by atoms with Crippen molar-refractivity contribution in [3.8, 4) is 0 Å². The van der Waals surface area contributed by atoms with Gasteiger partial charge < -0.3 is 5.11 Å². The molecule has 0 saturated heterocycles. The summed E-state index contributed by atoms with van der Waals surface area (Å²) in [6.07, 6.45) is 2.31. The highest BCUT2D eigenvalue weighted by Gasteiger charge is 2.07. The van der Waals surface area contributed by atoms with Gasteiger partial charge in [-0.15, -0.1) is 5.10 Å². The molecule has 2 aromatic rings. The van der Waals surface area contributed by atoms with Crippen molar-refractivity contribution >= 4 is 5.97 Å². The monoisotopic (exact) mass is 260 g/mol. The van der Waals surface area contributed by atoms with Crippen molar-refractivity contribution in [2.75, 3.05) is 0 Å². The van der Waals surface area contributed by atoms with Gasteiger partial charge in [0, 0.05) is 19.4 Å². The van der Waals surface area contributed by atoms with Crippen LogP contribution in [0.4, 0.5) is 0 Å². The minimum Gasteiger partial charge on any atom is -0.481 e. The molecular weight excluding hydrogens is 244 g/mol. The first kappa shape index (κ1) is 13.2. The number of aryl methyl sites for hydroxylation is 3. The molecule has 0 unspecified atom stereocenters. The van der Waals surface area contributed by atoms with E-state index < -0.39 is 5.97 Å². The average Bonchev–Trinajstić information content (AvgIpc) is 2.85. The van der Waals surface area contributed by atoms with Gasteiger partial charge in [0.1, 0.15) is 0 Å². The largest absolute Gasteiger partial charge is 0.481 e. The lowest BCUT2D eigenvalue weighted by atomic mass is 10.1. The predicted octanol–water partition coefficient (Wildman–Crippen LogP) is 1.32. The zero-order valence-corrected chi connectivity index (χ0v) is 10.6. The lowest BCUT2D eigenvalue weighted by Gasteiger charge is -2.03. The van der Waals surface area contributed by atoms with Crippen molar-refractivity contribution in [3.63, 3.8) is 0 Å². The van der Waals surface area contributed by atoms with E-state index in [1.807, 2.05) is 18.2 Å². The quantitative estimate of drug-likeness (QED) is 0.812. The normalized spacial score (nSPS) is 10.5. The van der Waals surface area contributed by atoms with Gasteiger partial charge in [-0.05, 0) is 28.8 Å². The minimum atomic E-state index is -0.793. The maximum atomic E-state index is 10.5. The van der Waals surface area contributed by atoms with Crippen molar-refractivity contribution in [2.24, 2.45) is 0 Å². The highest BCUT2D eigenvalue weighted by atomic mass is 16.4. The Bertz CT molecular complexity index is 524. The molecule has 2 rings (SSSR count). The van der Waals surface area contributed by atoms with E-state index in [-0.39, 0.29) is 6.42 Å². The number of rotatable bonds is 7. The Hall–Kier alpha value is -2.24. The zero-order chi connectivity index (χ0) is 13.5. The Balaban J connectivity index is 1.87. The molecule has 0 aliphatic carbocycles. The van der Waals surface area contributed by atoms with Gasteiger partial charge in [-0.1, -0.05) is 30.3 Å². The molecule has 0 aliphatic rings. The molecule has 1 aromatic heterocycles. The highest BCUT2D eigenvalue weighted by molar-refractivity contribution is 5.66. The van der Waals surface area contributed by atoms with Crippen molar-refractivity contribution in [1.29, 1.82) is 0 Å². The lowest BCUT2D eigenvalue weighted by molar-refractivity contribution is -0.137. The van der Waals surface area contributed by atoms with Crippen LogP contribution in [0.25, 0.3) is 0 Å². The third-order valence-electron chi connectivity index (χ3n) is 2.85. The molecular formula is C13H16N4O2. The summed E-state index contributed by atoms with van der Waals surface area (Å²) in [5.74, 6) is 0.00755. The number of carboxylic acids is 1. The molecule has 1 N–H and O–H groups in total. The van der Waals surface area contributed by atoms with Crippen LogP contribution in [0, 0.1) is 0 Å². The first-order chi connectivity index (χ1) is 9.25. The summed E-state index contributed by atoms with van der Waals surface area (Å²) in [5.41, 5.74) is 1.24. The van der Waals surface area contributed by atoms with Gasteiger partial charge in [0.05, 0.1) is 0 Å². The number of nitrogens with zero attached hydrogens (tertiary/aromatic N) is 4. The van der Waals surface area contributed by atoms with E-state index in [9.17, 15) is 4.79 Å². The van der Waals surface area contributed by atoms with Gasteiger partial charge in [-0.2, -0.15) is 0 Å². The Morgan fingerprint density at radius 2 is 2.00 bits per heavy atom. The molecule has 0 amide bonds. The summed E-state index contributed by atoms with van der Waals surface area (Å²) in [5, 5.41) is 20.1. The lowest BCUT2D eigenvalue weighted by Crippen LogP contribution is -2.08. The molecule has 6 heteroatoms. The number of aliphatic carboxylic acids is 1. The topological polar surface area (TPSA) is 80.9 Å². The molecule has 6 nitrogen and oxygen atoms in total. The van der Waals surface area contributed by atoms with Gasteiger partial charge in [-0.25, -0.2) is 4.68 Å². The van der Waals surface area contributed by atoms with Gasteiger partial charge in [0.2, 0.25) is 0 Å². The van der Waals surface area contributed by atoms with Crippen LogP contribution in [0.15, 0.2) is 30.3 Å². The maximum Gasteiger partial charge on any atom is 0.303 e. The average molecular weight is 260 g/mol. The third-order valence-corrected chi connectivity index (χ3v) is 2.85. The summed E-state index contributed by atoms with van der Waals surface area (Å²) in [7, 11) is 0. The van der Waals surface area contributed by atoms with Crippen LogP contribution < -0.4 is 0 Å². The molecule has 0 fully saturated rings. The molecule has 0 spiro atoms. The van der Waals surface area contributed by atoms with Crippen molar-refractivity contribution in [3.05, 3.63) is 41.7 Å². The fourth-order valence-electron chi connectivity index (χ4n) is 1.86. The molecule has 100 valence electrons. The number of tetrazole rings is 1. The molecule has 0 aliphatic heterocycles. The second-order valence-electron chi connectivity index (χ2n) is 4.30. The van der Waals surface area contributed by atoms with E-state index in [2.05, 4.69) is 27.7 Å². The summed E-state index contributed by atoms with van der Waals surface area (Å²) in [4.78, 5) is 10.5. The Kier molecular flexibility index (Phi) is 4.60. The molecule has 1 aromatic carbocycles. The van der Waals surface area contributed by atoms with Crippen LogP contribution in [-0.4, -0.2) is 31.3 Å². The van der Waals surface area contributed by atoms with Gasteiger partial charge in [0.15, 0.2) is 5.82 Å². The summed E-state index contributed by atoms with van der Waals surface area (Å²) in [6, 6.07) is 10.1. The van der Waals surface area contributed by atoms with Crippen LogP contribution in [0.2, 0.25) is 0 Å². The summed E-state index contributed by atoms with van der Waals surface area (Å²) < 4.78 is 1.69. The molecule has 0 radical (unpaired) electrons. The summed E-state index contributed by atoms with van der Waals surface area (Å²) >= 11 is 0. The molecule has 1 heterocycles. The fourth-order valence-corrected chi connectivity index (χ4v) is 1.86. The van der Waals surface area contributed by atoms with E-state index in [4.69, 9.17) is 5.11 Å². The van der Waals surface area contributed by atoms with E-state index in [1.54, 1.807) is 4.68 Å². The molecule has 0 bridgehead atoms. The van der Waals surface area contributed by atoms with Crippen LogP contribution in [0.5, 0.6) is 0 Å². The minimum absolute atomic E-state index is 0.137. The number of hydrogen-bond acceptors (Lipinski definition) is 4. The first-order valence-corrected chi connectivity index (χ1v) is 6.26. The number of carboxylic acid groups (broad SMARTS) is 1. The van der Waals surface area contributed by atoms with Crippen LogP contribution in [0.3, 0.4) is 0 Å². The summed E-state index contributed by atoms with van der Waals surface area (Å²) in [6.45, 7) is 0.545. The molecule has 0 saturated carbocycles. The fraction of sp³-hybridized carbons (Fsp3) is 0.385. The highest BCUT2D eigenvalue weighted by Crippen LogP contribution is 2.05. The third kappa shape index (κ3) is 4.17. The second-order valence-corrected chi connectivity index (χ2v) is 4.30. The first-order valence-electron chi connectivity index (χ1n) is 6.26. The maximum absolute atomic E-state index is 10.5. The van der Waals surface area contributed by atoms with Crippen molar-refractivity contribution < 1.29 is 9.90 Å². The van der Waals surface area contributed by atoms with Crippen LogP contribution in [-0.2, 0) is 24.2 Å². The smallest absolute Gasteiger partial charge is 0.303 e. The SMILES string of the molecule is O=C(O)CCCn1nnnc1CCc1ccccc1. The molecule has 19 heavy (non-hydrogen) atoms. The number of hydrogen-bond donors (Lipinski definition) is 1. The Morgan fingerprint density at radius 1 is 1.21 bits per heavy atom. The van der Waals surface area contributed by atoms with Crippen LogP contribution >= 0.6 is 0 Å².